The topological polar surface area (TPSA) is 85.4 Å². The maximum atomic E-state index is 12.0. The summed E-state index contributed by atoms with van der Waals surface area (Å²) in [4.78, 5) is 20.4. The van der Waals surface area contributed by atoms with Crippen molar-refractivity contribution in [1.82, 2.24) is 15.3 Å². The molecule has 0 saturated carbocycles. The standard InChI is InChI=1S/C18H22N4O3/c23-17(8-11-24-14-4-2-1-3-5-14)21-16-12-20-13-18(22-16)25-15-6-9-19-10-7-15/h1-5,12-13,15,19H,6-11H2,(H,21,22,23). The van der Waals surface area contributed by atoms with E-state index < -0.39 is 0 Å². The van der Waals surface area contributed by atoms with Gasteiger partial charge in [0.2, 0.25) is 11.8 Å². The number of carbonyl (C=O) groups is 1. The number of ether oxygens (including phenoxy) is 2. The number of benzene rings is 1. The zero-order valence-electron chi connectivity index (χ0n) is 14.0. The zero-order chi connectivity index (χ0) is 17.3. The number of amides is 1. The maximum absolute atomic E-state index is 12.0. The molecule has 7 heteroatoms. The Morgan fingerprint density at radius 3 is 2.80 bits per heavy atom. The molecule has 1 aromatic heterocycles. The van der Waals surface area contributed by atoms with Gasteiger partial charge in [0.15, 0.2) is 5.82 Å². The molecule has 1 aliphatic rings. The van der Waals surface area contributed by atoms with Gasteiger partial charge in [0.1, 0.15) is 11.9 Å². The Morgan fingerprint density at radius 2 is 2.00 bits per heavy atom. The summed E-state index contributed by atoms with van der Waals surface area (Å²) in [6.07, 6.45) is 5.32. The number of rotatable bonds is 7. The molecule has 0 bridgehead atoms. The van der Waals surface area contributed by atoms with Crippen LogP contribution in [-0.2, 0) is 4.79 Å². The first-order chi connectivity index (χ1) is 12.3. The highest BCUT2D eigenvalue weighted by Crippen LogP contribution is 2.15. The maximum Gasteiger partial charge on any atom is 0.234 e. The van der Waals surface area contributed by atoms with E-state index >= 15 is 0 Å². The second kappa shape index (κ2) is 8.98. The third kappa shape index (κ3) is 5.72. The molecule has 2 N–H and O–H groups in total. The number of aromatic nitrogens is 2. The van der Waals surface area contributed by atoms with Gasteiger partial charge in [-0.2, -0.15) is 4.98 Å². The van der Waals surface area contributed by atoms with Crippen molar-refractivity contribution in [3.8, 4) is 11.6 Å². The minimum atomic E-state index is -0.177. The lowest BCUT2D eigenvalue weighted by molar-refractivity contribution is -0.116. The Hall–Kier alpha value is -2.67. The third-order valence-electron chi connectivity index (χ3n) is 3.79. The largest absolute Gasteiger partial charge is 0.493 e. The van der Waals surface area contributed by atoms with Crippen molar-refractivity contribution >= 4 is 11.7 Å². The van der Waals surface area contributed by atoms with E-state index in [2.05, 4.69) is 20.6 Å². The van der Waals surface area contributed by atoms with Crippen LogP contribution in [0, 0.1) is 0 Å². The van der Waals surface area contributed by atoms with E-state index in [-0.39, 0.29) is 18.4 Å². The highest BCUT2D eigenvalue weighted by Gasteiger charge is 2.15. The third-order valence-corrected chi connectivity index (χ3v) is 3.79. The number of nitrogens with zero attached hydrogens (tertiary/aromatic N) is 2. The molecule has 0 aliphatic carbocycles. The quantitative estimate of drug-likeness (QED) is 0.801. The van der Waals surface area contributed by atoms with Crippen LogP contribution in [0.3, 0.4) is 0 Å². The van der Waals surface area contributed by atoms with Crippen molar-refractivity contribution in [2.75, 3.05) is 25.0 Å². The summed E-state index contributed by atoms with van der Waals surface area (Å²) >= 11 is 0. The minimum Gasteiger partial charge on any atom is -0.493 e. The first-order valence-corrected chi connectivity index (χ1v) is 8.47. The Morgan fingerprint density at radius 1 is 1.20 bits per heavy atom. The molecular formula is C18H22N4O3. The number of nitrogens with one attached hydrogen (secondary N) is 2. The smallest absolute Gasteiger partial charge is 0.234 e. The number of carbonyl (C=O) groups excluding carboxylic acids is 1. The lowest BCUT2D eigenvalue weighted by Crippen LogP contribution is -2.34. The highest BCUT2D eigenvalue weighted by molar-refractivity contribution is 5.89. The number of piperidine rings is 1. The summed E-state index contributed by atoms with van der Waals surface area (Å²) in [6.45, 7) is 2.18. The fourth-order valence-corrected chi connectivity index (χ4v) is 2.53. The molecule has 1 aliphatic heterocycles. The molecule has 0 atom stereocenters. The molecule has 1 aromatic carbocycles. The van der Waals surface area contributed by atoms with E-state index in [9.17, 15) is 4.79 Å². The first kappa shape index (κ1) is 17.2. The molecular weight excluding hydrogens is 320 g/mol. The van der Waals surface area contributed by atoms with Gasteiger partial charge in [0.25, 0.3) is 0 Å². The molecule has 0 radical (unpaired) electrons. The first-order valence-electron chi connectivity index (χ1n) is 8.47. The average Bonchev–Trinajstić information content (AvgIpc) is 2.64. The number of hydrogen-bond donors (Lipinski definition) is 2. The van der Waals surface area contributed by atoms with Crippen molar-refractivity contribution in [1.29, 1.82) is 0 Å². The van der Waals surface area contributed by atoms with Gasteiger partial charge in [-0.05, 0) is 38.1 Å². The van der Waals surface area contributed by atoms with E-state index in [1.807, 2.05) is 30.3 Å². The lowest BCUT2D eigenvalue weighted by atomic mass is 10.1. The van der Waals surface area contributed by atoms with E-state index in [1.54, 1.807) is 6.20 Å². The normalized spacial score (nSPS) is 14.7. The van der Waals surface area contributed by atoms with Crippen molar-refractivity contribution in [2.24, 2.45) is 0 Å². The van der Waals surface area contributed by atoms with Gasteiger partial charge in [0, 0.05) is 0 Å². The summed E-state index contributed by atoms with van der Waals surface area (Å²) in [5, 5.41) is 6.01. The Bertz CT molecular complexity index is 675. The van der Waals surface area contributed by atoms with Crippen LogP contribution in [0.4, 0.5) is 5.82 Å². The molecule has 2 aromatic rings. The Balaban J connectivity index is 1.45. The minimum absolute atomic E-state index is 0.140. The van der Waals surface area contributed by atoms with Gasteiger partial charge in [-0.1, -0.05) is 18.2 Å². The van der Waals surface area contributed by atoms with Gasteiger partial charge in [0.05, 0.1) is 25.4 Å². The molecule has 0 unspecified atom stereocenters. The Labute approximate surface area is 146 Å². The van der Waals surface area contributed by atoms with Gasteiger partial charge in [-0.25, -0.2) is 0 Å². The molecule has 7 nitrogen and oxygen atoms in total. The Kier molecular flexibility index (Phi) is 6.17. The van der Waals surface area contributed by atoms with Crippen LogP contribution in [0.15, 0.2) is 42.7 Å². The zero-order valence-corrected chi connectivity index (χ0v) is 14.0. The van der Waals surface area contributed by atoms with E-state index in [4.69, 9.17) is 9.47 Å². The predicted octanol–water partition coefficient (Wildman–Crippen LogP) is 2.01. The van der Waals surface area contributed by atoms with Crippen LogP contribution in [-0.4, -0.2) is 41.7 Å². The molecule has 1 saturated heterocycles. The fourth-order valence-electron chi connectivity index (χ4n) is 2.53. The summed E-state index contributed by atoms with van der Waals surface area (Å²) in [5.74, 6) is 1.39. The summed E-state index contributed by atoms with van der Waals surface area (Å²) in [7, 11) is 0. The van der Waals surface area contributed by atoms with Crippen LogP contribution in [0.25, 0.3) is 0 Å². The van der Waals surface area contributed by atoms with Crippen molar-refractivity contribution < 1.29 is 14.3 Å². The van der Waals surface area contributed by atoms with Gasteiger partial charge < -0.3 is 20.1 Å². The highest BCUT2D eigenvalue weighted by atomic mass is 16.5. The second-order valence-electron chi connectivity index (χ2n) is 5.77. The summed E-state index contributed by atoms with van der Waals surface area (Å²) in [6, 6.07) is 9.39. The van der Waals surface area contributed by atoms with Crippen LogP contribution >= 0.6 is 0 Å². The van der Waals surface area contributed by atoms with Crippen LogP contribution in [0.2, 0.25) is 0 Å². The molecule has 2 heterocycles. The monoisotopic (exact) mass is 342 g/mol. The SMILES string of the molecule is O=C(CCOc1ccccc1)Nc1cncc(OC2CCNCC2)n1. The van der Waals surface area contributed by atoms with Crippen LogP contribution in [0.1, 0.15) is 19.3 Å². The van der Waals surface area contributed by atoms with Gasteiger partial charge in [-0.15, -0.1) is 0 Å². The van der Waals surface area contributed by atoms with Gasteiger partial charge in [-0.3, -0.25) is 9.78 Å². The van der Waals surface area contributed by atoms with E-state index in [1.165, 1.54) is 6.20 Å². The molecule has 132 valence electrons. The summed E-state index contributed by atoms with van der Waals surface area (Å²) in [5.41, 5.74) is 0. The second-order valence-corrected chi connectivity index (χ2v) is 5.77. The van der Waals surface area contributed by atoms with Crippen molar-refractivity contribution in [3.05, 3.63) is 42.7 Å². The number of anilines is 1. The molecule has 0 spiro atoms. The fraction of sp³-hybridized carbons (Fsp3) is 0.389. The van der Waals surface area contributed by atoms with Crippen LogP contribution in [0.5, 0.6) is 11.6 Å². The lowest BCUT2D eigenvalue weighted by Gasteiger charge is -2.23. The van der Waals surface area contributed by atoms with Gasteiger partial charge >= 0.3 is 0 Å². The van der Waals surface area contributed by atoms with E-state index in [0.29, 0.717) is 18.3 Å². The molecule has 1 fully saturated rings. The van der Waals surface area contributed by atoms with Crippen LogP contribution < -0.4 is 20.1 Å². The van der Waals surface area contributed by atoms with Crippen molar-refractivity contribution in [3.63, 3.8) is 0 Å². The van der Waals surface area contributed by atoms with Crippen molar-refractivity contribution in [2.45, 2.75) is 25.4 Å². The molecule has 3 rings (SSSR count). The molecule has 1 amide bonds. The molecule has 25 heavy (non-hydrogen) atoms. The van der Waals surface area contributed by atoms with E-state index in [0.717, 1.165) is 31.7 Å². The summed E-state index contributed by atoms with van der Waals surface area (Å²) < 4.78 is 11.3. The number of para-hydroxylation sites is 1. The predicted molar refractivity (Wildman–Crippen MR) is 93.7 cm³/mol. The average molecular weight is 342 g/mol. The number of hydrogen-bond acceptors (Lipinski definition) is 6.